The molecule has 73 valence electrons. The molecule has 1 saturated carbocycles. The summed E-state index contributed by atoms with van der Waals surface area (Å²) in [4.78, 5) is 10.5. The molecule has 1 aromatic carbocycles. The predicted octanol–water partition coefficient (Wildman–Crippen LogP) is 1.89. The number of halogens is 1. The fourth-order valence-electron chi connectivity index (χ4n) is 1.69. The van der Waals surface area contributed by atoms with Crippen LogP contribution in [0.25, 0.3) is 0 Å². The van der Waals surface area contributed by atoms with Gasteiger partial charge in [0.1, 0.15) is 5.82 Å². The lowest BCUT2D eigenvalue weighted by atomic mass is 10.1. The van der Waals surface area contributed by atoms with Crippen LogP contribution in [0.15, 0.2) is 18.2 Å². The Morgan fingerprint density at radius 2 is 2.50 bits per heavy atom. The van der Waals surface area contributed by atoms with E-state index < -0.39 is 5.97 Å². The van der Waals surface area contributed by atoms with Crippen LogP contribution in [-0.2, 0) is 11.2 Å². The zero-order valence-electron chi connectivity index (χ0n) is 7.53. The molecule has 1 aromatic rings. The van der Waals surface area contributed by atoms with Crippen molar-refractivity contribution in [2.75, 3.05) is 0 Å². The van der Waals surface area contributed by atoms with E-state index in [2.05, 4.69) is 6.07 Å². The average molecular weight is 193 g/mol. The van der Waals surface area contributed by atoms with Crippen molar-refractivity contribution in [3.05, 3.63) is 35.6 Å². The number of rotatable bonds is 3. The maximum Gasteiger partial charge on any atom is 0.306 e. The highest BCUT2D eigenvalue weighted by Gasteiger charge is 2.42. The lowest BCUT2D eigenvalue weighted by Crippen LogP contribution is -2.01. The fraction of sp³-hybridized carbons (Fsp3) is 0.364. The van der Waals surface area contributed by atoms with Crippen molar-refractivity contribution in [3.63, 3.8) is 0 Å². The molecule has 0 bridgehead atoms. The van der Waals surface area contributed by atoms with E-state index in [1.165, 1.54) is 12.1 Å². The summed E-state index contributed by atoms with van der Waals surface area (Å²) >= 11 is 0. The molecule has 1 radical (unpaired) electrons. The third kappa shape index (κ3) is 1.92. The molecule has 0 saturated heterocycles. The summed E-state index contributed by atoms with van der Waals surface area (Å²) in [5.41, 5.74) is 0.856. The number of carboxylic acids is 1. The van der Waals surface area contributed by atoms with Gasteiger partial charge in [0.25, 0.3) is 0 Å². The van der Waals surface area contributed by atoms with Crippen molar-refractivity contribution in [1.29, 1.82) is 0 Å². The number of hydrogen-bond acceptors (Lipinski definition) is 1. The summed E-state index contributed by atoms with van der Waals surface area (Å²) in [5.74, 6) is -1.15. The van der Waals surface area contributed by atoms with E-state index in [4.69, 9.17) is 5.11 Å². The molecule has 0 aromatic heterocycles. The van der Waals surface area contributed by atoms with E-state index in [9.17, 15) is 9.18 Å². The van der Waals surface area contributed by atoms with Crippen molar-refractivity contribution in [3.8, 4) is 0 Å². The smallest absolute Gasteiger partial charge is 0.306 e. The van der Waals surface area contributed by atoms with E-state index in [0.717, 1.165) is 12.0 Å². The van der Waals surface area contributed by atoms with Crippen LogP contribution in [0.3, 0.4) is 0 Å². The van der Waals surface area contributed by atoms with Crippen molar-refractivity contribution in [2.24, 2.45) is 11.8 Å². The lowest BCUT2D eigenvalue weighted by molar-refractivity contribution is -0.138. The second kappa shape index (κ2) is 3.40. The van der Waals surface area contributed by atoms with Crippen LogP contribution < -0.4 is 0 Å². The normalized spacial score (nSPS) is 24.6. The topological polar surface area (TPSA) is 37.3 Å². The van der Waals surface area contributed by atoms with Gasteiger partial charge in [-0.3, -0.25) is 4.79 Å². The Kier molecular flexibility index (Phi) is 2.23. The zero-order chi connectivity index (χ0) is 10.1. The first-order valence-electron chi connectivity index (χ1n) is 4.56. The number of aliphatic carboxylic acids is 1. The highest BCUT2D eigenvalue weighted by Crippen LogP contribution is 2.41. The molecule has 1 aliphatic rings. The van der Waals surface area contributed by atoms with Gasteiger partial charge in [-0.05, 0) is 30.4 Å². The van der Waals surface area contributed by atoms with Gasteiger partial charge in [0.05, 0.1) is 5.92 Å². The molecule has 1 fully saturated rings. The summed E-state index contributed by atoms with van der Waals surface area (Å²) in [5, 5.41) is 8.68. The standard InChI is InChI=1S/C11H10FO2/c12-9-3-1-2-7(5-9)4-8-6-10(8)11(13)14/h1-2,5,8,10H,4,6H2,(H,13,14). The second-order valence-corrected chi connectivity index (χ2v) is 3.69. The highest BCUT2D eigenvalue weighted by molar-refractivity contribution is 5.73. The minimum absolute atomic E-state index is 0.189. The summed E-state index contributed by atoms with van der Waals surface area (Å²) in [6, 6.07) is 7.14. The molecular formula is C11H10FO2. The largest absolute Gasteiger partial charge is 0.481 e. The van der Waals surface area contributed by atoms with Gasteiger partial charge in [-0.15, -0.1) is 0 Å². The minimum Gasteiger partial charge on any atom is -0.481 e. The molecule has 0 spiro atoms. The Hall–Kier alpha value is -1.38. The first-order valence-corrected chi connectivity index (χ1v) is 4.56. The van der Waals surface area contributed by atoms with E-state index in [-0.39, 0.29) is 17.7 Å². The third-order valence-corrected chi connectivity index (χ3v) is 2.57. The molecule has 1 aliphatic carbocycles. The van der Waals surface area contributed by atoms with Crippen LogP contribution in [0.2, 0.25) is 0 Å². The van der Waals surface area contributed by atoms with E-state index >= 15 is 0 Å². The van der Waals surface area contributed by atoms with Crippen LogP contribution in [0, 0.1) is 23.7 Å². The van der Waals surface area contributed by atoms with Crippen LogP contribution >= 0.6 is 0 Å². The Morgan fingerprint density at radius 1 is 1.71 bits per heavy atom. The van der Waals surface area contributed by atoms with Gasteiger partial charge in [-0.25, -0.2) is 4.39 Å². The van der Waals surface area contributed by atoms with Gasteiger partial charge in [-0.1, -0.05) is 12.1 Å². The van der Waals surface area contributed by atoms with Crippen molar-refractivity contribution < 1.29 is 14.3 Å². The van der Waals surface area contributed by atoms with E-state index in [1.807, 2.05) is 0 Å². The summed E-state index contributed by atoms with van der Waals surface area (Å²) in [6.07, 6.45) is 1.37. The van der Waals surface area contributed by atoms with Crippen molar-refractivity contribution in [1.82, 2.24) is 0 Å². The number of hydrogen-bond donors (Lipinski definition) is 1. The minimum atomic E-state index is -0.738. The SMILES string of the molecule is O=C(O)C1CC1Cc1cc[c]c(F)c1. The monoisotopic (exact) mass is 193 g/mol. The lowest BCUT2D eigenvalue weighted by Gasteiger charge is -1.98. The molecule has 14 heavy (non-hydrogen) atoms. The molecule has 2 atom stereocenters. The van der Waals surface area contributed by atoms with Crippen LogP contribution in [0.1, 0.15) is 12.0 Å². The zero-order valence-corrected chi connectivity index (χ0v) is 7.53. The Labute approximate surface area is 81.4 Å². The molecule has 2 nitrogen and oxygen atoms in total. The van der Waals surface area contributed by atoms with E-state index in [1.54, 1.807) is 6.07 Å². The van der Waals surface area contributed by atoms with Crippen molar-refractivity contribution in [2.45, 2.75) is 12.8 Å². The van der Waals surface area contributed by atoms with Crippen LogP contribution in [-0.4, -0.2) is 11.1 Å². The average Bonchev–Trinajstić information content (AvgIpc) is 2.84. The maximum absolute atomic E-state index is 12.7. The molecule has 0 amide bonds. The maximum atomic E-state index is 12.7. The first-order chi connectivity index (χ1) is 6.66. The molecule has 0 heterocycles. The van der Waals surface area contributed by atoms with Crippen molar-refractivity contribution >= 4 is 5.97 Å². The summed E-state index contributed by atoms with van der Waals surface area (Å²) in [6.45, 7) is 0. The molecule has 2 rings (SSSR count). The van der Waals surface area contributed by atoms with Gasteiger partial charge >= 0.3 is 5.97 Å². The van der Waals surface area contributed by atoms with Gasteiger partial charge in [0.2, 0.25) is 0 Å². The first kappa shape index (κ1) is 9.19. The summed E-state index contributed by atoms with van der Waals surface area (Å²) < 4.78 is 12.7. The Morgan fingerprint density at radius 3 is 3.07 bits per heavy atom. The molecule has 0 aliphatic heterocycles. The number of benzene rings is 1. The Bertz CT molecular complexity index is 362. The quantitative estimate of drug-likeness (QED) is 0.795. The van der Waals surface area contributed by atoms with Crippen LogP contribution in [0.4, 0.5) is 4.39 Å². The number of carbonyl (C=O) groups is 1. The van der Waals surface area contributed by atoms with E-state index in [0.29, 0.717) is 6.42 Å². The van der Waals surface area contributed by atoms with Gasteiger partial charge < -0.3 is 5.11 Å². The highest BCUT2D eigenvalue weighted by atomic mass is 19.1. The predicted molar refractivity (Wildman–Crippen MR) is 48.2 cm³/mol. The third-order valence-electron chi connectivity index (χ3n) is 2.57. The second-order valence-electron chi connectivity index (χ2n) is 3.69. The van der Waals surface area contributed by atoms with Gasteiger partial charge in [-0.2, -0.15) is 0 Å². The Balaban J connectivity index is 1.97. The summed E-state index contributed by atoms with van der Waals surface area (Å²) in [7, 11) is 0. The van der Waals surface area contributed by atoms with Gasteiger partial charge in [0, 0.05) is 6.07 Å². The number of carboxylic acid groups (broad SMARTS) is 1. The van der Waals surface area contributed by atoms with Crippen LogP contribution in [0.5, 0.6) is 0 Å². The molecule has 3 heteroatoms. The molecule has 2 unspecified atom stereocenters. The molecular weight excluding hydrogens is 183 g/mol. The fourth-order valence-corrected chi connectivity index (χ4v) is 1.69. The van der Waals surface area contributed by atoms with Gasteiger partial charge in [0.15, 0.2) is 0 Å². The molecule has 1 N–H and O–H groups in total.